The Labute approximate surface area is 121 Å². The van der Waals surface area contributed by atoms with E-state index in [0.717, 1.165) is 19.3 Å². The molecule has 4 N–H and O–H groups in total. The van der Waals surface area contributed by atoms with Gasteiger partial charge in [-0.05, 0) is 6.42 Å². The molecule has 0 aromatic carbocycles. The van der Waals surface area contributed by atoms with Crippen molar-refractivity contribution in [1.82, 2.24) is 6.15 Å². The van der Waals surface area contributed by atoms with Crippen LogP contribution in [0.15, 0.2) is 0 Å². The van der Waals surface area contributed by atoms with Crippen molar-refractivity contribution in [3.8, 4) is 0 Å². The van der Waals surface area contributed by atoms with Gasteiger partial charge in [0.25, 0.3) is 0 Å². The Kier molecular flexibility index (Phi) is 9.60. The van der Waals surface area contributed by atoms with Crippen LogP contribution in [0.5, 0.6) is 0 Å². The standard InChI is InChI=1S/C11H19F5O3S.H3N/c1-2-3-4-5-6-7-8-9(12)10(13,14)11(15,16)20(17,18)19;/h9H,2-8H2,1H3,(H,17,18,19);1H3. The number of alkyl halides is 5. The smallest absolute Gasteiger partial charge is 0.344 e. The largest absolute Gasteiger partial charge is 0.434 e. The van der Waals surface area contributed by atoms with Gasteiger partial charge in [0, 0.05) is 0 Å². The van der Waals surface area contributed by atoms with E-state index in [1.165, 1.54) is 0 Å². The Hall–Kier alpha value is -0.480. The molecule has 0 aliphatic heterocycles. The van der Waals surface area contributed by atoms with Gasteiger partial charge in [0.2, 0.25) is 0 Å². The van der Waals surface area contributed by atoms with Crippen molar-refractivity contribution in [1.29, 1.82) is 0 Å². The van der Waals surface area contributed by atoms with Crippen molar-refractivity contribution in [3.05, 3.63) is 0 Å². The molecule has 0 rings (SSSR count). The Morgan fingerprint density at radius 3 is 1.86 bits per heavy atom. The molecule has 4 nitrogen and oxygen atoms in total. The van der Waals surface area contributed by atoms with E-state index in [1.807, 2.05) is 6.92 Å². The van der Waals surface area contributed by atoms with Gasteiger partial charge in [-0.1, -0.05) is 45.4 Å². The molecule has 0 aromatic heterocycles. The molecule has 0 amide bonds. The van der Waals surface area contributed by atoms with Crippen LogP contribution in [0.4, 0.5) is 22.0 Å². The molecule has 1 unspecified atom stereocenters. The van der Waals surface area contributed by atoms with Gasteiger partial charge in [-0.25, -0.2) is 4.39 Å². The van der Waals surface area contributed by atoms with Crippen molar-refractivity contribution in [2.75, 3.05) is 0 Å². The summed E-state index contributed by atoms with van der Waals surface area (Å²) in [5.74, 6) is -5.45. The van der Waals surface area contributed by atoms with E-state index in [1.54, 1.807) is 0 Å². The molecule has 21 heavy (non-hydrogen) atoms. The maximum atomic E-state index is 13.2. The van der Waals surface area contributed by atoms with E-state index in [0.29, 0.717) is 12.8 Å². The first-order valence-corrected chi connectivity index (χ1v) is 7.79. The van der Waals surface area contributed by atoms with Crippen LogP contribution >= 0.6 is 0 Å². The molecular weight excluding hydrogens is 321 g/mol. The topological polar surface area (TPSA) is 89.4 Å². The fourth-order valence-corrected chi connectivity index (χ4v) is 2.11. The van der Waals surface area contributed by atoms with Crippen molar-refractivity contribution in [2.45, 2.75) is 69.2 Å². The summed E-state index contributed by atoms with van der Waals surface area (Å²) in [6, 6.07) is 0. The molecule has 130 valence electrons. The molecule has 0 aliphatic carbocycles. The molecule has 0 saturated heterocycles. The first kappa shape index (κ1) is 22.8. The maximum absolute atomic E-state index is 13.2. The van der Waals surface area contributed by atoms with Crippen LogP contribution in [-0.2, 0) is 10.1 Å². The highest BCUT2D eigenvalue weighted by Gasteiger charge is 2.69. The van der Waals surface area contributed by atoms with E-state index in [4.69, 9.17) is 4.55 Å². The van der Waals surface area contributed by atoms with Crippen LogP contribution in [0.3, 0.4) is 0 Å². The van der Waals surface area contributed by atoms with Gasteiger partial charge in [-0.15, -0.1) is 0 Å². The van der Waals surface area contributed by atoms with E-state index in [9.17, 15) is 30.4 Å². The number of hydrogen-bond acceptors (Lipinski definition) is 3. The zero-order valence-electron chi connectivity index (χ0n) is 11.8. The van der Waals surface area contributed by atoms with Crippen LogP contribution in [-0.4, -0.2) is 30.3 Å². The molecule has 0 spiro atoms. The third-order valence-corrected chi connectivity index (χ3v) is 3.84. The second-order valence-corrected chi connectivity index (χ2v) is 6.10. The summed E-state index contributed by atoms with van der Waals surface area (Å²) in [6.07, 6.45) is -0.461. The predicted molar refractivity (Wildman–Crippen MR) is 69.4 cm³/mol. The van der Waals surface area contributed by atoms with Gasteiger partial charge >= 0.3 is 21.3 Å². The van der Waals surface area contributed by atoms with Gasteiger partial charge in [0.15, 0.2) is 6.17 Å². The van der Waals surface area contributed by atoms with E-state index in [-0.39, 0.29) is 12.6 Å². The molecular formula is C11H22F5NO3S. The molecule has 10 heteroatoms. The van der Waals surface area contributed by atoms with Crippen molar-refractivity contribution in [3.63, 3.8) is 0 Å². The minimum atomic E-state index is -6.37. The van der Waals surface area contributed by atoms with E-state index in [2.05, 4.69) is 0 Å². The fourth-order valence-electron chi connectivity index (χ4n) is 1.64. The summed E-state index contributed by atoms with van der Waals surface area (Å²) in [6.45, 7) is 1.97. The lowest BCUT2D eigenvalue weighted by atomic mass is 10.0. The number of halogens is 5. The Morgan fingerprint density at radius 2 is 1.43 bits per heavy atom. The predicted octanol–water partition coefficient (Wildman–Crippen LogP) is 4.35. The molecule has 0 aliphatic rings. The van der Waals surface area contributed by atoms with Crippen LogP contribution in [0.2, 0.25) is 0 Å². The van der Waals surface area contributed by atoms with Crippen LogP contribution < -0.4 is 6.15 Å². The Bertz CT molecular complexity index is 389. The second kappa shape index (κ2) is 8.84. The minimum absolute atomic E-state index is 0. The van der Waals surface area contributed by atoms with Crippen molar-refractivity contribution in [2.24, 2.45) is 0 Å². The van der Waals surface area contributed by atoms with Gasteiger partial charge in [-0.2, -0.15) is 26.0 Å². The third-order valence-electron chi connectivity index (χ3n) is 2.92. The third kappa shape index (κ3) is 6.03. The zero-order chi connectivity index (χ0) is 16.0. The monoisotopic (exact) mass is 343 g/mol. The van der Waals surface area contributed by atoms with E-state index < -0.39 is 33.9 Å². The molecule has 0 heterocycles. The summed E-state index contributed by atoms with van der Waals surface area (Å²) in [5, 5.41) is -5.83. The molecule has 0 aromatic rings. The number of hydrogen-bond donors (Lipinski definition) is 2. The van der Waals surface area contributed by atoms with Gasteiger partial charge in [-0.3, -0.25) is 4.55 Å². The summed E-state index contributed by atoms with van der Waals surface area (Å²) >= 11 is 0. The molecule has 0 bridgehead atoms. The zero-order valence-corrected chi connectivity index (χ0v) is 12.6. The summed E-state index contributed by atoms with van der Waals surface area (Å²) in [4.78, 5) is 0. The second-order valence-electron chi connectivity index (χ2n) is 4.64. The lowest BCUT2D eigenvalue weighted by molar-refractivity contribution is -0.198. The highest BCUT2D eigenvalue weighted by atomic mass is 32.2. The maximum Gasteiger partial charge on any atom is 0.434 e. The van der Waals surface area contributed by atoms with Gasteiger partial charge in [0.1, 0.15) is 0 Å². The van der Waals surface area contributed by atoms with Gasteiger partial charge < -0.3 is 6.15 Å². The van der Waals surface area contributed by atoms with Crippen LogP contribution in [0, 0.1) is 0 Å². The highest BCUT2D eigenvalue weighted by molar-refractivity contribution is 7.87. The lowest BCUT2D eigenvalue weighted by Gasteiger charge is -2.26. The summed E-state index contributed by atoms with van der Waals surface area (Å²) < 4.78 is 93.4. The summed E-state index contributed by atoms with van der Waals surface area (Å²) in [5.41, 5.74) is 0. The quantitative estimate of drug-likeness (QED) is 0.350. The summed E-state index contributed by atoms with van der Waals surface area (Å²) in [7, 11) is -6.37. The highest BCUT2D eigenvalue weighted by Crippen LogP contribution is 2.43. The fraction of sp³-hybridized carbons (Fsp3) is 1.00. The normalized spacial score (nSPS) is 14.6. The minimum Gasteiger partial charge on any atom is -0.344 e. The lowest BCUT2D eigenvalue weighted by Crippen LogP contribution is -2.52. The van der Waals surface area contributed by atoms with Crippen LogP contribution in [0.1, 0.15) is 51.9 Å². The first-order chi connectivity index (χ1) is 8.98. The molecule has 1 atom stereocenters. The molecule has 0 radical (unpaired) electrons. The molecule has 0 fully saturated rings. The Morgan fingerprint density at radius 1 is 1.00 bits per heavy atom. The number of rotatable bonds is 10. The average Bonchev–Trinajstić information content (AvgIpc) is 2.31. The van der Waals surface area contributed by atoms with Crippen molar-refractivity contribution < 1.29 is 34.9 Å². The molecule has 0 saturated carbocycles. The first-order valence-electron chi connectivity index (χ1n) is 6.35. The number of unbranched alkanes of at least 4 members (excludes halogenated alkanes) is 5. The SMILES string of the molecule is CCCCCCCCC(F)C(F)(F)C(F)(F)S(=O)(=O)O.N. The average molecular weight is 343 g/mol. The van der Waals surface area contributed by atoms with Gasteiger partial charge in [0.05, 0.1) is 0 Å². The van der Waals surface area contributed by atoms with Crippen LogP contribution in [0.25, 0.3) is 0 Å². The van der Waals surface area contributed by atoms with E-state index >= 15 is 0 Å². The van der Waals surface area contributed by atoms with Crippen molar-refractivity contribution >= 4 is 10.1 Å². The Balaban J connectivity index is 0.